The molecule has 5 N–H and O–H groups in total. The predicted octanol–water partition coefficient (Wildman–Crippen LogP) is 2.86. The first-order chi connectivity index (χ1) is 16.4. The van der Waals surface area contributed by atoms with Crippen molar-refractivity contribution in [2.75, 3.05) is 42.3 Å². The Morgan fingerprint density at radius 3 is 2.82 bits per heavy atom. The zero-order chi connectivity index (χ0) is 24.1. The Balaban J connectivity index is 1.71. The number of aromatic amines is 1. The lowest BCUT2D eigenvalue weighted by molar-refractivity contribution is 0.212. The van der Waals surface area contributed by atoms with E-state index < -0.39 is 5.54 Å². The van der Waals surface area contributed by atoms with Crippen molar-refractivity contribution in [2.24, 2.45) is 0 Å². The number of aliphatic hydroxyl groups excluding tert-OH is 1. The van der Waals surface area contributed by atoms with E-state index in [1.807, 2.05) is 24.8 Å². The van der Waals surface area contributed by atoms with Crippen molar-refractivity contribution in [3.05, 3.63) is 40.4 Å². The van der Waals surface area contributed by atoms with Crippen molar-refractivity contribution in [2.45, 2.75) is 45.2 Å². The minimum Gasteiger partial charge on any atom is -0.394 e. The third-order valence-corrected chi connectivity index (χ3v) is 7.17. The summed E-state index contributed by atoms with van der Waals surface area (Å²) in [4.78, 5) is 30.8. The average Bonchev–Trinajstić information content (AvgIpc) is 2.84. The van der Waals surface area contributed by atoms with Crippen LogP contribution in [0.4, 0.5) is 11.8 Å². The van der Waals surface area contributed by atoms with Gasteiger partial charge in [-0.1, -0.05) is 19.8 Å². The molecule has 0 amide bonds. The van der Waals surface area contributed by atoms with Crippen LogP contribution >= 0.6 is 11.8 Å². The fourth-order valence-electron chi connectivity index (χ4n) is 4.21. The zero-order valence-corrected chi connectivity index (χ0v) is 20.6. The molecule has 34 heavy (non-hydrogen) atoms. The lowest BCUT2D eigenvalue weighted by Crippen LogP contribution is -2.39. The van der Waals surface area contributed by atoms with Crippen LogP contribution in [0.25, 0.3) is 22.2 Å². The number of hydrogen-bond donors (Lipinski definition) is 4. The fourth-order valence-corrected chi connectivity index (χ4v) is 5.18. The average molecular weight is 484 g/mol. The number of anilines is 2. The van der Waals surface area contributed by atoms with E-state index >= 15 is 0 Å². The summed E-state index contributed by atoms with van der Waals surface area (Å²) in [7, 11) is 0. The second kappa shape index (κ2) is 10.7. The molecule has 10 heteroatoms. The highest BCUT2D eigenvalue weighted by Gasteiger charge is 2.25. The van der Waals surface area contributed by atoms with Gasteiger partial charge in [0.2, 0.25) is 11.5 Å². The van der Waals surface area contributed by atoms with Crippen LogP contribution < -0.4 is 16.6 Å². The molecule has 9 nitrogen and oxygen atoms in total. The first kappa shape index (κ1) is 24.4. The highest BCUT2D eigenvalue weighted by Crippen LogP contribution is 2.30. The van der Waals surface area contributed by atoms with E-state index in [1.54, 1.807) is 18.5 Å². The van der Waals surface area contributed by atoms with Gasteiger partial charge in [-0.25, -0.2) is 4.98 Å². The zero-order valence-electron chi connectivity index (χ0n) is 19.8. The van der Waals surface area contributed by atoms with E-state index in [2.05, 4.69) is 37.1 Å². The Labute approximate surface area is 203 Å². The maximum absolute atomic E-state index is 12.2. The number of pyridine rings is 2. The molecule has 0 unspecified atom stereocenters. The normalized spacial score (nSPS) is 16.4. The summed E-state index contributed by atoms with van der Waals surface area (Å²) in [6.45, 7) is 6.85. The number of H-pyrrole nitrogens is 1. The maximum Gasteiger partial charge on any atom is 0.248 e. The largest absolute Gasteiger partial charge is 0.394 e. The predicted molar refractivity (Wildman–Crippen MR) is 139 cm³/mol. The monoisotopic (exact) mass is 483 g/mol. The standard InChI is InChI=1S/C24H33N7O2S/c1-3-4-5-24(2,15-32)30-22-21-19(28-23(25)29-22)10-16(12-27-21)18-11-20(33)26-13-17(18)14-31-6-8-34-9-7-31/h10-13,32H,3-9,14-15H2,1-2H3,(H,26,33)(H3,25,28,29,30)/t24-/m1/s1. The van der Waals surface area contributed by atoms with Gasteiger partial charge in [0.05, 0.1) is 17.7 Å². The van der Waals surface area contributed by atoms with Crippen LogP contribution in [0.5, 0.6) is 0 Å². The molecule has 1 aliphatic heterocycles. The summed E-state index contributed by atoms with van der Waals surface area (Å²) in [5, 5.41) is 13.4. The van der Waals surface area contributed by atoms with Crippen LogP contribution in [-0.4, -0.2) is 66.7 Å². The highest BCUT2D eigenvalue weighted by molar-refractivity contribution is 7.99. The molecule has 1 aliphatic rings. The van der Waals surface area contributed by atoms with Crippen molar-refractivity contribution in [1.29, 1.82) is 0 Å². The van der Waals surface area contributed by atoms with E-state index in [-0.39, 0.29) is 18.1 Å². The molecule has 3 aromatic heterocycles. The van der Waals surface area contributed by atoms with E-state index in [9.17, 15) is 9.90 Å². The number of hydrogen-bond acceptors (Lipinski definition) is 9. The number of nitrogens with zero attached hydrogens (tertiary/aromatic N) is 4. The smallest absolute Gasteiger partial charge is 0.248 e. The van der Waals surface area contributed by atoms with Gasteiger partial charge in [0.1, 0.15) is 5.52 Å². The van der Waals surface area contributed by atoms with E-state index in [1.165, 1.54) is 0 Å². The Morgan fingerprint density at radius 1 is 1.29 bits per heavy atom. The molecule has 0 aromatic carbocycles. The van der Waals surface area contributed by atoms with E-state index in [0.29, 0.717) is 16.9 Å². The summed E-state index contributed by atoms with van der Waals surface area (Å²) in [5.41, 5.74) is 9.18. The van der Waals surface area contributed by atoms with Gasteiger partial charge >= 0.3 is 0 Å². The van der Waals surface area contributed by atoms with Crippen molar-refractivity contribution < 1.29 is 5.11 Å². The van der Waals surface area contributed by atoms with Crippen molar-refractivity contribution in [1.82, 2.24) is 24.8 Å². The van der Waals surface area contributed by atoms with E-state index in [0.717, 1.165) is 67.1 Å². The summed E-state index contributed by atoms with van der Waals surface area (Å²) in [5.74, 6) is 2.86. The number of nitrogens with two attached hydrogens (primary N) is 1. The molecule has 3 aromatic rings. The lowest BCUT2D eigenvalue weighted by atomic mass is 9.96. The molecule has 1 fully saturated rings. The summed E-state index contributed by atoms with van der Waals surface area (Å²) in [6.07, 6.45) is 6.33. The second-order valence-electron chi connectivity index (χ2n) is 9.09. The molecule has 182 valence electrons. The number of unbranched alkanes of at least 4 members (excludes halogenated alkanes) is 1. The first-order valence-corrected chi connectivity index (χ1v) is 12.9. The minimum absolute atomic E-state index is 0.0400. The molecule has 0 bridgehead atoms. The molecule has 0 spiro atoms. The van der Waals surface area contributed by atoms with Gasteiger partial charge in [-0.15, -0.1) is 0 Å². The van der Waals surface area contributed by atoms with Crippen LogP contribution in [0.1, 0.15) is 38.7 Å². The first-order valence-electron chi connectivity index (χ1n) is 11.7. The number of aromatic nitrogens is 4. The molecule has 1 saturated heterocycles. The summed E-state index contributed by atoms with van der Waals surface area (Å²) in [6, 6.07) is 3.52. The van der Waals surface area contributed by atoms with Gasteiger partial charge in [0.15, 0.2) is 5.82 Å². The van der Waals surface area contributed by atoms with Gasteiger partial charge in [-0.05, 0) is 30.5 Å². The van der Waals surface area contributed by atoms with Crippen LogP contribution in [0.2, 0.25) is 0 Å². The van der Waals surface area contributed by atoms with Crippen LogP contribution in [0, 0.1) is 0 Å². The van der Waals surface area contributed by atoms with Crippen LogP contribution in [0.3, 0.4) is 0 Å². The number of nitrogen functional groups attached to an aromatic ring is 1. The Kier molecular flexibility index (Phi) is 7.70. The fraction of sp³-hybridized carbons (Fsp3) is 0.500. The van der Waals surface area contributed by atoms with Gasteiger partial charge in [-0.3, -0.25) is 14.7 Å². The van der Waals surface area contributed by atoms with E-state index in [4.69, 9.17) is 5.73 Å². The third kappa shape index (κ3) is 5.68. The molecule has 0 radical (unpaired) electrons. The molecular weight excluding hydrogens is 450 g/mol. The molecule has 1 atom stereocenters. The highest BCUT2D eigenvalue weighted by atomic mass is 32.2. The summed E-state index contributed by atoms with van der Waals surface area (Å²) >= 11 is 1.97. The molecule has 0 aliphatic carbocycles. The van der Waals surface area contributed by atoms with Gasteiger partial charge in [0.25, 0.3) is 0 Å². The van der Waals surface area contributed by atoms with Crippen LogP contribution in [0.15, 0.2) is 29.3 Å². The SMILES string of the molecule is CCCC[C@](C)(CO)Nc1nc(N)nc2cc(-c3cc(=O)[nH]cc3CN3CCSCC3)cnc12. The number of rotatable bonds is 9. The second-order valence-corrected chi connectivity index (χ2v) is 10.3. The van der Waals surface area contributed by atoms with Crippen molar-refractivity contribution in [3.63, 3.8) is 0 Å². The molecule has 4 rings (SSSR count). The van der Waals surface area contributed by atoms with Gasteiger partial charge in [0, 0.05) is 55.2 Å². The van der Waals surface area contributed by atoms with Gasteiger partial charge < -0.3 is 21.1 Å². The molecule has 0 saturated carbocycles. The summed E-state index contributed by atoms with van der Waals surface area (Å²) < 4.78 is 0. The molecule has 4 heterocycles. The van der Waals surface area contributed by atoms with Crippen molar-refractivity contribution >= 4 is 34.6 Å². The quantitative estimate of drug-likeness (QED) is 0.362. The topological polar surface area (TPSA) is 133 Å². The van der Waals surface area contributed by atoms with Crippen LogP contribution in [-0.2, 0) is 6.54 Å². The number of aliphatic hydroxyl groups is 1. The molecular formula is C24H33N7O2S. The number of thioether (sulfide) groups is 1. The maximum atomic E-state index is 12.2. The number of fused-ring (bicyclic) bond motifs is 1. The minimum atomic E-state index is -0.545. The Bertz CT molecular complexity index is 1200. The Morgan fingerprint density at radius 2 is 2.09 bits per heavy atom. The number of nitrogens with one attached hydrogen (secondary N) is 2. The lowest BCUT2D eigenvalue weighted by Gasteiger charge is -2.29. The van der Waals surface area contributed by atoms with Gasteiger partial charge in [-0.2, -0.15) is 16.7 Å². The van der Waals surface area contributed by atoms with Crippen molar-refractivity contribution in [3.8, 4) is 11.1 Å². The third-order valence-electron chi connectivity index (χ3n) is 6.22. The Hall–Kier alpha value is -2.69.